The van der Waals surface area contributed by atoms with Crippen LogP contribution in [0.5, 0.6) is 0 Å². The summed E-state index contributed by atoms with van der Waals surface area (Å²) in [6, 6.07) is 16.3. The second kappa shape index (κ2) is 4.49. The number of hydrogen-bond acceptors (Lipinski definition) is 2. The second-order valence-electron chi connectivity index (χ2n) is 4.20. The van der Waals surface area contributed by atoms with Crippen LogP contribution in [0.25, 0.3) is 23.3 Å². The van der Waals surface area contributed by atoms with Gasteiger partial charge in [-0.25, -0.2) is 4.98 Å². The minimum Gasteiger partial charge on any atom is -0.441 e. The zero-order valence-corrected chi connectivity index (χ0v) is 10.1. The molecule has 0 aliphatic carbocycles. The first-order valence-corrected chi connectivity index (χ1v) is 5.91. The SMILES string of the molecule is Cc1nc2cc(C=Cc3ccccc3)ccc2o1. The van der Waals surface area contributed by atoms with Crippen LogP contribution in [-0.4, -0.2) is 4.98 Å². The van der Waals surface area contributed by atoms with Crippen LogP contribution in [0, 0.1) is 6.92 Å². The van der Waals surface area contributed by atoms with Crippen LogP contribution in [-0.2, 0) is 0 Å². The fraction of sp³-hybridized carbons (Fsp3) is 0.0625. The van der Waals surface area contributed by atoms with Crippen molar-refractivity contribution in [3.05, 3.63) is 65.5 Å². The molecule has 3 aromatic rings. The molecule has 0 saturated heterocycles. The molecule has 3 rings (SSSR count). The van der Waals surface area contributed by atoms with Crippen molar-refractivity contribution in [2.75, 3.05) is 0 Å². The number of rotatable bonds is 2. The molecule has 0 atom stereocenters. The average molecular weight is 235 g/mol. The topological polar surface area (TPSA) is 26.0 Å². The van der Waals surface area contributed by atoms with Crippen LogP contribution >= 0.6 is 0 Å². The van der Waals surface area contributed by atoms with Crippen molar-refractivity contribution in [3.8, 4) is 0 Å². The van der Waals surface area contributed by atoms with Crippen LogP contribution in [0.15, 0.2) is 52.9 Å². The Morgan fingerprint density at radius 2 is 1.72 bits per heavy atom. The Hall–Kier alpha value is -2.35. The van der Waals surface area contributed by atoms with Crippen molar-refractivity contribution in [1.29, 1.82) is 0 Å². The van der Waals surface area contributed by atoms with E-state index in [1.54, 1.807) is 0 Å². The summed E-state index contributed by atoms with van der Waals surface area (Å²) in [4.78, 5) is 4.33. The van der Waals surface area contributed by atoms with E-state index in [0.29, 0.717) is 5.89 Å². The summed E-state index contributed by atoms with van der Waals surface area (Å²) in [5.41, 5.74) is 4.06. The number of hydrogen-bond donors (Lipinski definition) is 0. The van der Waals surface area contributed by atoms with Crippen LogP contribution in [0.3, 0.4) is 0 Å². The monoisotopic (exact) mass is 235 g/mol. The lowest BCUT2D eigenvalue weighted by atomic mass is 10.1. The van der Waals surface area contributed by atoms with Crippen molar-refractivity contribution in [2.45, 2.75) is 6.92 Å². The van der Waals surface area contributed by atoms with Gasteiger partial charge in [0, 0.05) is 6.92 Å². The Labute approximate surface area is 106 Å². The quantitative estimate of drug-likeness (QED) is 0.619. The molecule has 2 aromatic carbocycles. The summed E-state index contributed by atoms with van der Waals surface area (Å²) >= 11 is 0. The standard InChI is InChI=1S/C16H13NO/c1-12-17-15-11-14(9-10-16(15)18-12)8-7-13-5-3-2-4-6-13/h2-11H,1H3. The zero-order chi connectivity index (χ0) is 12.4. The van der Waals surface area contributed by atoms with Crippen LogP contribution < -0.4 is 0 Å². The normalized spacial score (nSPS) is 11.4. The summed E-state index contributed by atoms with van der Waals surface area (Å²) in [6.45, 7) is 1.86. The van der Waals surface area contributed by atoms with Crippen molar-refractivity contribution < 1.29 is 4.42 Å². The predicted octanol–water partition coefficient (Wildman–Crippen LogP) is 4.31. The minimum absolute atomic E-state index is 0.703. The fourth-order valence-electron chi connectivity index (χ4n) is 1.92. The van der Waals surface area contributed by atoms with Gasteiger partial charge in [0.1, 0.15) is 5.52 Å². The van der Waals surface area contributed by atoms with Gasteiger partial charge >= 0.3 is 0 Å². The maximum atomic E-state index is 5.45. The van der Waals surface area contributed by atoms with E-state index in [1.807, 2.05) is 43.3 Å². The summed E-state index contributed by atoms with van der Waals surface area (Å²) in [5.74, 6) is 0.703. The van der Waals surface area contributed by atoms with Gasteiger partial charge in [0.15, 0.2) is 11.5 Å². The largest absolute Gasteiger partial charge is 0.441 e. The minimum atomic E-state index is 0.703. The molecule has 0 saturated carbocycles. The van der Waals surface area contributed by atoms with E-state index >= 15 is 0 Å². The van der Waals surface area contributed by atoms with Crippen molar-refractivity contribution in [3.63, 3.8) is 0 Å². The Balaban J connectivity index is 1.93. The van der Waals surface area contributed by atoms with Gasteiger partial charge in [-0.05, 0) is 23.3 Å². The van der Waals surface area contributed by atoms with Gasteiger partial charge in [-0.15, -0.1) is 0 Å². The number of benzene rings is 2. The molecule has 0 bridgehead atoms. The summed E-state index contributed by atoms with van der Waals surface area (Å²) in [5, 5.41) is 0. The third-order valence-electron chi connectivity index (χ3n) is 2.79. The first-order valence-electron chi connectivity index (χ1n) is 5.91. The molecular formula is C16H13NO. The first kappa shape index (κ1) is 10.8. The van der Waals surface area contributed by atoms with Gasteiger partial charge in [0.25, 0.3) is 0 Å². The van der Waals surface area contributed by atoms with Gasteiger partial charge in [-0.2, -0.15) is 0 Å². The van der Waals surface area contributed by atoms with E-state index in [9.17, 15) is 0 Å². The van der Waals surface area contributed by atoms with Crippen molar-refractivity contribution in [1.82, 2.24) is 4.98 Å². The number of oxazole rings is 1. The lowest BCUT2D eigenvalue weighted by Gasteiger charge is -1.94. The highest BCUT2D eigenvalue weighted by Crippen LogP contribution is 2.18. The van der Waals surface area contributed by atoms with Gasteiger partial charge in [-0.1, -0.05) is 48.6 Å². The maximum absolute atomic E-state index is 5.45. The molecule has 88 valence electrons. The molecule has 0 unspecified atom stereocenters. The van der Waals surface area contributed by atoms with E-state index in [0.717, 1.165) is 16.7 Å². The van der Waals surface area contributed by atoms with Crippen molar-refractivity contribution >= 4 is 23.3 Å². The molecule has 0 aliphatic rings. The fourth-order valence-corrected chi connectivity index (χ4v) is 1.92. The molecule has 0 aliphatic heterocycles. The first-order chi connectivity index (χ1) is 8.81. The lowest BCUT2D eigenvalue weighted by molar-refractivity contribution is 0.561. The number of nitrogens with zero attached hydrogens (tertiary/aromatic N) is 1. The highest BCUT2D eigenvalue weighted by Gasteiger charge is 2.01. The van der Waals surface area contributed by atoms with E-state index in [1.165, 1.54) is 5.56 Å². The molecule has 1 aromatic heterocycles. The Bertz CT molecular complexity index is 695. The van der Waals surface area contributed by atoms with E-state index in [-0.39, 0.29) is 0 Å². The molecular weight excluding hydrogens is 222 g/mol. The highest BCUT2D eigenvalue weighted by atomic mass is 16.3. The summed E-state index contributed by atoms with van der Waals surface area (Å²) in [6.07, 6.45) is 4.17. The third-order valence-corrected chi connectivity index (χ3v) is 2.79. The number of aromatic nitrogens is 1. The Morgan fingerprint density at radius 1 is 0.944 bits per heavy atom. The molecule has 0 N–H and O–H groups in total. The predicted molar refractivity (Wildman–Crippen MR) is 74.1 cm³/mol. The second-order valence-corrected chi connectivity index (χ2v) is 4.20. The third kappa shape index (κ3) is 2.18. The highest BCUT2D eigenvalue weighted by molar-refractivity contribution is 5.79. The van der Waals surface area contributed by atoms with E-state index in [4.69, 9.17) is 4.42 Å². The summed E-state index contributed by atoms with van der Waals surface area (Å²) in [7, 11) is 0. The molecule has 18 heavy (non-hydrogen) atoms. The molecule has 2 heteroatoms. The van der Waals surface area contributed by atoms with E-state index in [2.05, 4.69) is 29.3 Å². The smallest absolute Gasteiger partial charge is 0.192 e. The zero-order valence-electron chi connectivity index (χ0n) is 10.1. The van der Waals surface area contributed by atoms with Gasteiger partial charge in [0.2, 0.25) is 0 Å². The molecule has 1 heterocycles. The maximum Gasteiger partial charge on any atom is 0.192 e. The molecule has 0 fully saturated rings. The number of fused-ring (bicyclic) bond motifs is 1. The van der Waals surface area contributed by atoms with Crippen LogP contribution in [0.2, 0.25) is 0 Å². The van der Waals surface area contributed by atoms with Crippen LogP contribution in [0.4, 0.5) is 0 Å². The Kier molecular flexibility index (Phi) is 2.69. The Morgan fingerprint density at radius 3 is 2.56 bits per heavy atom. The molecule has 0 spiro atoms. The molecule has 0 amide bonds. The summed E-state index contributed by atoms with van der Waals surface area (Å²) < 4.78 is 5.45. The molecule has 0 radical (unpaired) electrons. The van der Waals surface area contributed by atoms with Crippen molar-refractivity contribution in [2.24, 2.45) is 0 Å². The lowest BCUT2D eigenvalue weighted by Crippen LogP contribution is -1.74. The number of aryl methyl sites for hydroxylation is 1. The van der Waals surface area contributed by atoms with Crippen LogP contribution in [0.1, 0.15) is 17.0 Å². The van der Waals surface area contributed by atoms with Gasteiger partial charge in [0.05, 0.1) is 0 Å². The van der Waals surface area contributed by atoms with Gasteiger partial charge < -0.3 is 4.42 Å². The van der Waals surface area contributed by atoms with E-state index < -0.39 is 0 Å². The average Bonchev–Trinajstić information content (AvgIpc) is 2.77. The molecule has 2 nitrogen and oxygen atoms in total. The van der Waals surface area contributed by atoms with Gasteiger partial charge in [-0.3, -0.25) is 0 Å².